The summed E-state index contributed by atoms with van der Waals surface area (Å²) < 4.78 is 5.46. The fourth-order valence-electron chi connectivity index (χ4n) is 8.22. The summed E-state index contributed by atoms with van der Waals surface area (Å²) in [5, 5.41) is 23.1. The molecule has 6 nitrogen and oxygen atoms in total. The highest BCUT2D eigenvalue weighted by atomic mass is 16.5. The molecular formula is C53H103NO5. The Morgan fingerprint density at radius 2 is 0.780 bits per heavy atom. The van der Waals surface area contributed by atoms with Gasteiger partial charge in [0.2, 0.25) is 5.91 Å². The number of hydrogen-bond acceptors (Lipinski definition) is 5. The van der Waals surface area contributed by atoms with Crippen LogP contribution in [0.1, 0.15) is 290 Å². The van der Waals surface area contributed by atoms with Crippen LogP contribution >= 0.6 is 0 Å². The molecule has 0 aromatic rings. The van der Waals surface area contributed by atoms with E-state index in [4.69, 9.17) is 4.74 Å². The molecule has 0 fully saturated rings. The number of hydrogen-bond donors (Lipinski definition) is 3. The first-order valence-electron chi connectivity index (χ1n) is 26.5. The van der Waals surface area contributed by atoms with Crippen LogP contribution in [0.2, 0.25) is 0 Å². The predicted molar refractivity (Wildman–Crippen MR) is 255 cm³/mol. The van der Waals surface area contributed by atoms with Crippen molar-refractivity contribution in [2.45, 2.75) is 302 Å². The normalized spacial score (nSPS) is 12.7. The van der Waals surface area contributed by atoms with E-state index in [1.807, 2.05) is 6.08 Å². The van der Waals surface area contributed by atoms with Crippen LogP contribution in [0.4, 0.5) is 0 Å². The second-order valence-corrected chi connectivity index (χ2v) is 18.2. The van der Waals surface area contributed by atoms with Crippen molar-refractivity contribution in [3.8, 4) is 0 Å². The first kappa shape index (κ1) is 57.6. The number of esters is 1. The van der Waals surface area contributed by atoms with Gasteiger partial charge in [-0.25, -0.2) is 0 Å². The highest BCUT2D eigenvalue weighted by molar-refractivity contribution is 5.76. The standard InChI is InChI=1S/C53H103NO5/c1-3-5-7-9-11-13-15-17-19-21-23-25-27-31-35-39-43-47-53(58)59-48-44-40-36-32-28-30-34-38-42-46-52(57)54-50(49-55)51(56)45-41-37-33-29-26-24-22-20-18-16-14-12-10-8-6-4-2/h41,45,50-51,55-56H,3-40,42-44,46-49H2,1-2H3,(H,54,57)/b45-41+. The van der Waals surface area contributed by atoms with E-state index >= 15 is 0 Å². The third kappa shape index (κ3) is 45.9. The second kappa shape index (κ2) is 49.3. The molecule has 0 aromatic heterocycles. The summed E-state index contributed by atoms with van der Waals surface area (Å²) in [7, 11) is 0. The summed E-state index contributed by atoms with van der Waals surface area (Å²) in [6, 6.07) is -0.646. The molecule has 0 radical (unpaired) electrons. The zero-order valence-electron chi connectivity index (χ0n) is 39.7. The summed E-state index contributed by atoms with van der Waals surface area (Å²) in [6.07, 6.45) is 56.4. The van der Waals surface area contributed by atoms with E-state index in [-0.39, 0.29) is 18.5 Å². The van der Waals surface area contributed by atoms with E-state index in [9.17, 15) is 19.8 Å². The lowest BCUT2D eigenvalue weighted by molar-refractivity contribution is -0.143. The van der Waals surface area contributed by atoms with E-state index in [1.54, 1.807) is 6.08 Å². The van der Waals surface area contributed by atoms with Crippen molar-refractivity contribution < 1.29 is 24.5 Å². The smallest absolute Gasteiger partial charge is 0.305 e. The van der Waals surface area contributed by atoms with Crippen LogP contribution < -0.4 is 5.32 Å². The molecular weight excluding hydrogens is 731 g/mol. The van der Waals surface area contributed by atoms with Gasteiger partial charge in [0.25, 0.3) is 0 Å². The van der Waals surface area contributed by atoms with Crippen LogP contribution in [0.15, 0.2) is 12.2 Å². The second-order valence-electron chi connectivity index (χ2n) is 18.2. The lowest BCUT2D eigenvalue weighted by Crippen LogP contribution is -2.45. The summed E-state index contributed by atoms with van der Waals surface area (Å²) in [4.78, 5) is 24.5. The average molecular weight is 834 g/mol. The molecule has 0 aliphatic rings. The maximum Gasteiger partial charge on any atom is 0.305 e. The van der Waals surface area contributed by atoms with Gasteiger partial charge in [-0.3, -0.25) is 9.59 Å². The molecule has 0 aliphatic carbocycles. The zero-order chi connectivity index (χ0) is 43.0. The van der Waals surface area contributed by atoms with Gasteiger partial charge in [0.05, 0.1) is 25.4 Å². The third-order valence-corrected chi connectivity index (χ3v) is 12.3. The molecule has 2 atom stereocenters. The van der Waals surface area contributed by atoms with Crippen molar-refractivity contribution in [1.29, 1.82) is 0 Å². The molecule has 3 N–H and O–H groups in total. The summed E-state index contributed by atoms with van der Waals surface area (Å²) in [6.45, 7) is 4.86. The van der Waals surface area contributed by atoms with E-state index < -0.39 is 12.1 Å². The number of carbonyl (C=O) groups excluding carboxylic acids is 2. The van der Waals surface area contributed by atoms with Crippen molar-refractivity contribution in [3.63, 3.8) is 0 Å². The molecule has 350 valence electrons. The van der Waals surface area contributed by atoms with Gasteiger partial charge in [0.1, 0.15) is 0 Å². The largest absolute Gasteiger partial charge is 0.466 e. The number of ether oxygens (including phenoxy) is 1. The van der Waals surface area contributed by atoms with Crippen molar-refractivity contribution in [2.24, 2.45) is 0 Å². The zero-order valence-corrected chi connectivity index (χ0v) is 39.7. The minimum Gasteiger partial charge on any atom is -0.466 e. The minimum atomic E-state index is -0.860. The molecule has 0 bridgehead atoms. The maximum absolute atomic E-state index is 12.4. The molecule has 6 heteroatoms. The van der Waals surface area contributed by atoms with E-state index in [0.717, 1.165) is 57.8 Å². The van der Waals surface area contributed by atoms with E-state index in [0.29, 0.717) is 19.4 Å². The van der Waals surface area contributed by atoms with Gasteiger partial charge >= 0.3 is 5.97 Å². The van der Waals surface area contributed by atoms with Crippen LogP contribution in [0.25, 0.3) is 0 Å². The van der Waals surface area contributed by atoms with Crippen molar-refractivity contribution in [1.82, 2.24) is 5.32 Å². The number of aliphatic hydroxyl groups is 2. The van der Waals surface area contributed by atoms with Gasteiger partial charge in [-0.2, -0.15) is 0 Å². The summed E-state index contributed by atoms with van der Waals surface area (Å²) in [5.74, 6) is -0.116. The molecule has 0 saturated heterocycles. The molecule has 0 aromatic carbocycles. The minimum absolute atomic E-state index is 0.0230. The molecule has 0 heterocycles. The Morgan fingerprint density at radius 3 is 1.15 bits per heavy atom. The molecule has 59 heavy (non-hydrogen) atoms. The Morgan fingerprint density at radius 1 is 0.458 bits per heavy atom. The molecule has 0 rings (SSSR count). The number of allylic oxidation sites excluding steroid dienone is 1. The van der Waals surface area contributed by atoms with Crippen molar-refractivity contribution >= 4 is 11.9 Å². The first-order valence-corrected chi connectivity index (χ1v) is 26.5. The van der Waals surface area contributed by atoms with Crippen LogP contribution in [0.5, 0.6) is 0 Å². The number of aliphatic hydroxyl groups excluding tert-OH is 2. The number of unbranched alkanes of at least 4 members (excludes halogenated alkanes) is 38. The Bertz CT molecular complexity index is 878. The topological polar surface area (TPSA) is 95.9 Å². The SMILES string of the molecule is CCCCCCCCCCCCCCCC/C=C/C(O)C(CO)NC(=O)CCCCCCCCCCCOC(=O)CCCCCCCCCCCCCCCCCCC. The first-order chi connectivity index (χ1) is 29.0. The number of carbonyl (C=O) groups is 2. The fourth-order valence-corrected chi connectivity index (χ4v) is 8.22. The molecule has 0 aliphatic heterocycles. The maximum atomic E-state index is 12.4. The monoisotopic (exact) mass is 834 g/mol. The van der Waals surface area contributed by atoms with E-state index in [1.165, 1.54) is 205 Å². The Kier molecular flexibility index (Phi) is 48.1. The Labute approximate surface area is 368 Å². The van der Waals surface area contributed by atoms with Gasteiger partial charge in [-0.05, 0) is 32.1 Å². The molecule has 1 amide bonds. The van der Waals surface area contributed by atoms with Gasteiger partial charge in [-0.1, -0.05) is 257 Å². The van der Waals surface area contributed by atoms with Gasteiger partial charge in [0, 0.05) is 12.8 Å². The molecule has 2 unspecified atom stereocenters. The quantitative estimate of drug-likeness (QED) is 0.0322. The van der Waals surface area contributed by atoms with Crippen LogP contribution in [0, 0.1) is 0 Å². The van der Waals surface area contributed by atoms with Crippen LogP contribution in [-0.2, 0) is 14.3 Å². The number of nitrogens with one attached hydrogen (secondary N) is 1. The van der Waals surface area contributed by atoms with Gasteiger partial charge in [-0.15, -0.1) is 0 Å². The summed E-state index contributed by atoms with van der Waals surface area (Å²) in [5.41, 5.74) is 0. The Balaban J connectivity index is 3.49. The lowest BCUT2D eigenvalue weighted by Gasteiger charge is -2.20. The van der Waals surface area contributed by atoms with E-state index in [2.05, 4.69) is 19.2 Å². The van der Waals surface area contributed by atoms with Crippen LogP contribution in [0.3, 0.4) is 0 Å². The number of amides is 1. The summed E-state index contributed by atoms with van der Waals surface area (Å²) >= 11 is 0. The van der Waals surface area contributed by atoms with Crippen molar-refractivity contribution in [2.75, 3.05) is 13.2 Å². The Hall–Kier alpha value is -1.40. The number of rotatable bonds is 49. The van der Waals surface area contributed by atoms with Crippen molar-refractivity contribution in [3.05, 3.63) is 12.2 Å². The highest BCUT2D eigenvalue weighted by Gasteiger charge is 2.18. The molecule has 0 spiro atoms. The third-order valence-electron chi connectivity index (χ3n) is 12.3. The van der Waals surface area contributed by atoms with Crippen LogP contribution in [-0.4, -0.2) is 47.4 Å². The fraction of sp³-hybridized carbons (Fsp3) is 0.925. The highest BCUT2D eigenvalue weighted by Crippen LogP contribution is 2.17. The van der Waals surface area contributed by atoms with Gasteiger partial charge in [0.15, 0.2) is 0 Å². The molecule has 0 saturated carbocycles. The lowest BCUT2D eigenvalue weighted by atomic mass is 10.0. The predicted octanol–water partition coefficient (Wildman–Crippen LogP) is 15.7. The average Bonchev–Trinajstić information content (AvgIpc) is 3.24. The van der Waals surface area contributed by atoms with Gasteiger partial charge < -0.3 is 20.3 Å².